The maximum Gasteiger partial charge on any atom is 0.269 e. The highest BCUT2D eigenvalue weighted by Gasteiger charge is 2.06. The molecule has 6 heteroatoms. The lowest BCUT2D eigenvalue weighted by Crippen LogP contribution is -2.31. The van der Waals surface area contributed by atoms with E-state index >= 15 is 0 Å². The van der Waals surface area contributed by atoms with E-state index in [1.165, 1.54) is 23.9 Å². The number of hydrogen-bond acceptors (Lipinski definition) is 4. The Balaban J connectivity index is 2.47. The van der Waals surface area contributed by atoms with Crippen molar-refractivity contribution in [1.29, 1.82) is 0 Å². The molecule has 1 aromatic rings. The molecule has 0 atom stereocenters. The second-order valence-electron chi connectivity index (χ2n) is 3.76. The van der Waals surface area contributed by atoms with Crippen molar-refractivity contribution < 1.29 is 9.72 Å². The predicted octanol–water partition coefficient (Wildman–Crippen LogP) is 2.21. The molecule has 5 nitrogen and oxygen atoms in total. The van der Waals surface area contributed by atoms with Crippen LogP contribution in [0.4, 0.5) is 5.69 Å². The molecule has 17 heavy (non-hydrogen) atoms. The van der Waals surface area contributed by atoms with Gasteiger partial charge in [0, 0.05) is 23.1 Å². The highest BCUT2D eigenvalue weighted by Crippen LogP contribution is 2.20. The molecule has 0 fully saturated rings. The first-order valence-corrected chi connectivity index (χ1v) is 6.14. The highest BCUT2D eigenvalue weighted by atomic mass is 32.2. The lowest BCUT2D eigenvalue weighted by Gasteiger charge is -2.07. The molecule has 0 bridgehead atoms. The van der Waals surface area contributed by atoms with E-state index in [-0.39, 0.29) is 17.6 Å². The second-order valence-corrected chi connectivity index (χ2v) is 4.81. The van der Waals surface area contributed by atoms with Crippen molar-refractivity contribution in [3.05, 3.63) is 34.4 Å². The lowest BCUT2D eigenvalue weighted by atomic mass is 10.3. The fraction of sp³-hybridized carbons (Fsp3) is 0.364. The van der Waals surface area contributed by atoms with Gasteiger partial charge in [-0.25, -0.2) is 0 Å². The van der Waals surface area contributed by atoms with Crippen LogP contribution in [0.25, 0.3) is 0 Å². The molecule has 1 aromatic carbocycles. The Morgan fingerprint density at radius 1 is 1.41 bits per heavy atom. The zero-order valence-electron chi connectivity index (χ0n) is 9.67. The van der Waals surface area contributed by atoms with E-state index in [4.69, 9.17) is 0 Å². The third-order valence-corrected chi connectivity index (χ3v) is 2.88. The van der Waals surface area contributed by atoms with Crippen LogP contribution < -0.4 is 5.32 Å². The molecule has 0 unspecified atom stereocenters. The molecule has 0 spiro atoms. The number of amides is 1. The summed E-state index contributed by atoms with van der Waals surface area (Å²) in [6.07, 6.45) is 0. The molecule has 0 aliphatic rings. The van der Waals surface area contributed by atoms with Gasteiger partial charge in [-0.2, -0.15) is 0 Å². The first kappa shape index (κ1) is 13.5. The Morgan fingerprint density at radius 2 is 2.00 bits per heavy atom. The molecule has 1 rings (SSSR count). The van der Waals surface area contributed by atoms with Crippen LogP contribution in [-0.4, -0.2) is 22.6 Å². The zero-order chi connectivity index (χ0) is 12.8. The van der Waals surface area contributed by atoms with Gasteiger partial charge in [-0.3, -0.25) is 14.9 Å². The second kappa shape index (κ2) is 6.24. The van der Waals surface area contributed by atoms with Gasteiger partial charge in [-0.1, -0.05) is 0 Å². The standard InChI is InChI=1S/C11H14N2O3S/c1-8(2)12-11(14)7-17-10-5-3-9(4-6-10)13(15)16/h3-6,8H,7H2,1-2H3,(H,12,14). The van der Waals surface area contributed by atoms with Gasteiger partial charge in [0.1, 0.15) is 0 Å². The average molecular weight is 254 g/mol. The molecule has 0 saturated heterocycles. The van der Waals surface area contributed by atoms with Gasteiger partial charge < -0.3 is 5.32 Å². The largest absolute Gasteiger partial charge is 0.353 e. The smallest absolute Gasteiger partial charge is 0.269 e. The molecule has 1 N–H and O–H groups in total. The van der Waals surface area contributed by atoms with Gasteiger partial charge in [0.05, 0.1) is 10.7 Å². The Labute approximate surface area is 104 Å². The van der Waals surface area contributed by atoms with Crippen LogP contribution >= 0.6 is 11.8 Å². The summed E-state index contributed by atoms with van der Waals surface area (Å²) in [5.74, 6) is 0.277. The van der Waals surface area contributed by atoms with Crippen molar-refractivity contribution in [1.82, 2.24) is 5.32 Å². The molecular weight excluding hydrogens is 240 g/mol. The summed E-state index contributed by atoms with van der Waals surface area (Å²) in [5, 5.41) is 13.2. The number of carbonyl (C=O) groups is 1. The van der Waals surface area contributed by atoms with Crippen LogP contribution in [-0.2, 0) is 4.79 Å². The maximum atomic E-state index is 11.4. The number of benzene rings is 1. The minimum absolute atomic E-state index is 0.0386. The summed E-state index contributed by atoms with van der Waals surface area (Å²) in [6.45, 7) is 3.79. The first-order valence-electron chi connectivity index (χ1n) is 5.15. The highest BCUT2D eigenvalue weighted by molar-refractivity contribution is 8.00. The topological polar surface area (TPSA) is 72.2 Å². The normalized spacial score (nSPS) is 10.3. The van der Waals surface area contributed by atoms with Gasteiger partial charge in [-0.05, 0) is 26.0 Å². The number of rotatable bonds is 5. The summed E-state index contributed by atoms with van der Waals surface area (Å²) in [7, 11) is 0. The first-order chi connectivity index (χ1) is 7.99. The minimum atomic E-state index is -0.445. The Hall–Kier alpha value is -1.56. The number of nitro groups is 1. The fourth-order valence-electron chi connectivity index (χ4n) is 1.18. The van der Waals surface area contributed by atoms with E-state index in [9.17, 15) is 14.9 Å². The van der Waals surface area contributed by atoms with Crippen LogP contribution in [0.3, 0.4) is 0 Å². The molecule has 0 aliphatic heterocycles. The Kier molecular flexibility index (Phi) is 4.96. The number of non-ortho nitro benzene ring substituents is 1. The number of thioether (sulfide) groups is 1. The summed E-state index contributed by atoms with van der Waals surface area (Å²) in [6, 6.07) is 6.28. The van der Waals surface area contributed by atoms with Crippen LogP contribution in [0.5, 0.6) is 0 Å². The van der Waals surface area contributed by atoms with Gasteiger partial charge in [0.25, 0.3) is 5.69 Å². The number of carbonyl (C=O) groups excluding carboxylic acids is 1. The number of hydrogen-bond donors (Lipinski definition) is 1. The SMILES string of the molecule is CC(C)NC(=O)CSc1ccc([N+](=O)[O-])cc1. The van der Waals surface area contributed by atoms with Crippen LogP contribution in [0.15, 0.2) is 29.2 Å². The van der Waals surface area contributed by atoms with E-state index in [0.717, 1.165) is 4.90 Å². The molecule has 0 radical (unpaired) electrons. The number of nitrogens with one attached hydrogen (secondary N) is 1. The maximum absolute atomic E-state index is 11.4. The van der Waals surface area contributed by atoms with Crippen LogP contribution in [0.1, 0.15) is 13.8 Å². The molecular formula is C11H14N2O3S. The van der Waals surface area contributed by atoms with E-state index in [2.05, 4.69) is 5.32 Å². The third-order valence-electron chi connectivity index (χ3n) is 1.87. The van der Waals surface area contributed by atoms with Crippen molar-refractivity contribution in [2.24, 2.45) is 0 Å². The zero-order valence-corrected chi connectivity index (χ0v) is 10.5. The molecule has 1 amide bonds. The molecule has 0 aromatic heterocycles. The van der Waals surface area contributed by atoms with Crippen molar-refractivity contribution in [3.8, 4) is 0 Å². The van der Waals surface area contributed by atoms with E-state index in [0.29, 0.717) is 5.75 Å². The van der Waals surface area contributed by atoms with Crippen molar-refractivity contribution >= 4 is 23.4 Å². The van der Waals surface area contributed by atoms with Gasteiger partial charge >= 0.3 is 0 Å². The fourth-order valence-corrected chi connectivity index (χ4v) is 1.89. The quantitative estimate of drug-likeness (QED) is 0.497. The summed E-state index contributed by atoms with van der Waals surface area (Å²) >= 11 is 1.36. The summed E-state index contributed by atoms with van der Waals surface area (Å²) in [4.78, 5) is 22.2. The van der Waals surface area contributed by atoms with Gasteiger partial charge in [0.15, 0.2) is 0 Å². The van der Waals surface area contributed by atoms with Crippen LogP contribution in [0, 0.1) is 10.1 Å². The summed E-state index contributed by atoms with van der Waals surface area (Å²) in [5.41, 5.74) is 0.0565. The average Bonchev–Trinajstić information content (AvgIpc) is 2.26. The lowest BCUT2D eigenvalue weighted by molar-refractivity contribution is -0.384. The van der Waals surface area contributed by atoms with Crippen molar-refractivity contribution in [2.45, 2.75) is 24.8 Å². The monoisotopic (exact) mass is 254 g/mol. The van der Waals surface area contributed by atoms with Crippen LogP contribution in [0.2, 0.25) is 0 Å². The van der Waals surface area contributed by atoms with Gasteiger partial charge in [0.2, 0.25) is 5.91 Å². The van der Waals surface area contributed by atoms with Crippen molar-refractivity contribution in [2.75, 3.05) is 5.75 Å². The predicted molar refractivity (Wildman–Crippen MR) is 67.1 cm³/mol. The van der Waals surface area contributed by atoms with Gasteiger partial charge in [-0.15, -0.1) is 11.8 Å². The van der Waals surface area contributed by atoms with E-state index in [1.54, 1.807) is 12.1 Å². The Morgan fingerprint density at radius 3 is 2.47 bits per heavy atom. The molecule has 0 saturated carbocycles. The minimum Gasteiger partial charge on any atom is -0.353 e. The third kappa shape index (κ3) is 4.86. The molecule has 0 heterocycles. The molecule has 92 valence electrons. The Bertz CT molecular complexity index is 404. The summed E-state index contributed by atoms with van der Waals surface area (Å²) < 4.78 is 0. The van der Waals surface area contributed by atoms with E-state index < -0.39 is 4.92 Å². The molecule has 0 aliphatic carbocycles. The number of nitrogens with zero attached hydrogens (tertiary/aromatic N) is 1. The van der Waals surface area contributed by atoms with E-state index in [1.807, 2.05) is 13.8 Å². The number of nitro benzene ring substituents is 1. The van der Waals surface area contributed by atoms with Crippen molar-refractivity contribution in [3.63, 3.8) is 0 Å².